The van der Waals surface area contributed by atoms with E-state index in [9.17, 15) is 4.57 Å². The normalized spacial score (nSPS) is 16.3. The first-order valence-corrected chi connectivity index (χ1v) is 5.39. The van der Waals surface area contributed by atoms with Crippen LogP contribution in [0.5, 0.6) is 0 Å². The summed E-state index contributed by atoms with van der Waals surface area (Å²) in [6.45, 7) is 0.238. The Morgan fingerprint density at radius 1 is 1.55 bits per heavy atom. The first-order valence-electron chi connectivity index (χ1n) is 3.26. The molecule has 1 N–H and O–H groups in total. The fourth-order valence-electron chi connectivity index (χ4n) is 0.446. The molecule has 0 fully saturated rings. The minimum absolute atomic E-state index is 0.238. The molecule has 6 heteroatoms. The minimum atomic E-state index is -3.74. The van der Waals surface area contributed by atoms with Crippen LogP contribution in [0.1, 0.15) is 12.8 Å². The van der Waals surface area contributed by atoms with Crippen molar-refractivity contribution in [2.75, 3.05) is 19.5 Å². The van der Waals surface area contributed by atoms with E-state index in [1.54, 1.807) is 0 Å². The van der Waals surface area contributed by atoms with Gasteiger partial charge in [-0.2, -0.15) is 12.6 Å². The number of hydrogen-bond acceptors (Lipinski definition) is 4. The lowest BCUT2D eigenvalue weighted by Crippen LogP contribution is -1.94. The zero-order chi connectivity index (χ0) is 8.74. The fourth-order valence-corrected chi connectivity index (χ4v) is 1.14. The van der Waals surface area contributed by atoms with Crippen molar-refractivity contribution < 1.29 is 18.5 Å². The smallest absolute Gasteiger partial charge is 0.303 e. The van der Waals surface area contributed by atoms with Gasteiger partial charge in [-0.3, -0.25) is 9.05 Å². The molecule has 1 atom stereocenters. The Labute approximate surface area is 71.9 Å². The van der Waals surface area contributed by atoms with Crippen LogP contribution >= 0.6 is 20.5 Å². The molecular weight excluding hydrogens is 187 g/mol. The van der Waals surface area contributed by atoms with Gasteiger partial charge in [-0.05, 0) is 18.6 Å². The van der Waals surface area contributed by atoms with Gasteiger partial charge in [-0.1, -0.05) is 0 Å². The monoisotopic (exact) mass is 200 g/mol. The molecule has 0 aromatic rings. The average molecular weight is 200 g/mol. The van der Waals surface area contributed by atoms with Crippen molar-refractivity contribution in [2.45, 2.75) is 12.8 Å². The molecule has 0 aromatic heterocycles. The predicted octanol–water partition coefficient (Wildman–Crippen LogP) is 1.46. The standard InChI is InChI=1S/C5H13O4PS/c1-8-10(6,7)9-4-2-3-5-11/h11H,2-5H2,1H3,(H,6,7). The summed E-state index contributed by atoms with van der Waals surface area (Å²) in [5.41, 5.74) is 0. The maximum Gasteiger partial charge on any atom is 0.471 e. The molecule has 0 rings (SSSR count). The highest BCUT2D eigenvalue weighted by Crippen LogP contribution is 2.41. The van der Waals surface area contributed by atoms with E-state index in [1.165, 1.54) is 0 Å². The van der Waals surface area contributed by atoms with Crippen molar-refractivity contribution in [3.63, 3.8) is 0 Å². The SMILES string of the molecule is COP(=O)(O)OCCCCS. The Morgan fingerprint density at radius 2 is 2.18 bits per heavy atom. The fraction of sp³-hybridized carbons (Fsp3) is 1.00. The summed E-state index contributed by atoms with van der Waals surface area (Å²) in [4.78, 5) is 8.71. The molecule has 0 heterocycles. The lowest BCUT2D eigenvalue weighted by atomic mass is 10.4. The summed E-state index contributed by atoms with van der Waals surface area (Å²) in [5.74, 6) is 0.756. The van der Waals surface area contributed by atoms with Gasteiger partial charge in [0.1, 0.15) is 0 Å². The van der Waals surface area contributed by atoms with Crippen molar-refractivity contribution >= 4 is 20.5 Å². The number of rotatable bonds is 6. The van der Waals surface area contributed by atoms with E-state index in [0.29, 0.717) is 0 Å². The molecule has 0 radical (unpaired) electrons. The van der Waals surface area contributed by atoms with E-state index in [4.69, 9.17) is 4.89 Å². The Kier molecular flexibility index (Phi) is 6.28. The molecule has 68 valence electrons. The summed E-state index contributed by atoms with van der Waals surface area (Å²) >= 11 is 3.97. The zero-order valence-electron chi connectivity index (χ0n) is 6.39. The Morgan fingerprint density at radius 3 is 2.64 bits per heavy atom. The van der Waals surface area contributed by atoms with Crippen LogP contribution in [0.4, 0.5) is 0 Å². The number of hydrogen-bond donors (Lipinski definition) is 2. The molecule has 0 spiro atoms. The molecule has 0 amide bonds. The van der Waals surface area contributed by atoms with Gasteiger partial charge >= 0.3 is 7.82 Å². The molecule has 0 aliphatic rings. The highest BCUT2D eigenvalue weighted by molar-refractivity contribution is 7.80. The summed E-state index contributed by atoms with van der Waals surface area (Å²) in [6, 6.07) is 0. The minimum Gasteiger partial charge on any atom is -0.303 e. The van der Waals surface area contributed by atoms with Gasteiger partial charge in [0.05, 0.1) is 6.61 Å². The third-order valence-electron chi connectivity index (χ3n) is 1.04. The Balaban J connectivity index is 3.31. The van der Waals surface area contributed by atoms with Crippen molar-refractivity contribution in [2.24, 2.45) is 0 Å². The van der Waals surface area contributed by atoms with Gasteiger partial charge in [0.25, 0.3) is 0 Å². The second-order valence-corrected chi connectivity index (χ2v) is 3.92. The third-order valence-corrected chi connectivity index (χ3v) is 2.32. The second-order valence-electron chi connectivity index (χ2n) is 1.92. The van der Waals surface area contributed by atoms with E-state index in [2.05, 4.69) is 21.7 Å². The maximum atomic E-state index is 10.6. The number of thiol groups is 1. The highest BCUT2D eigenvalue weighted by Gasteiger charge is 2.16. The van der Waals surface area contributed by atoms with Crippen LogP contribution in [-0.2, 0) is 13.6 Å². The summed E-state index contributed by atoms with van der Waals surface area (Å²) < 4.78 is 19.4. The lowest BCUT2D eigenvalue weighted by molar-refractivity contribution is 0.171. The van der Waals surface area contributed by atoms with Crippen molar-refractivity contribution in [3.05, 3.63) is 0 Å². The van der Waals surface area contributed by atoms with Crippen LogP contribution in [0.25, 0.3) is 0 Å². The molecule has 0 aromatic carbocycles. The molecular formula is C5H13O4PS. The van der Waals surface area contributed by atoms with Crippen LogP contribution in [-0.4, -0.2) is 24.4 Å². The van der Waals surface area contributed by atoms with Crippen LogP contribution in [0.2, 0.25) is 0 Å². The summed E-state index contributed by atoms with van der Waals surface area (Å²) in [5, 5.41) is 0. The summed E-state index contributed by atoms with van der Waals surface area (Å²) in [6.07, 6.45) is 1.59. The van der Waals surface area contributed by atoms with Crippen molar-refractivity contribution in [1.82, 2.24) is 0 Å². The Hall–Kier alpha value is 0.460. The molecule has 1 unspecified atom stereocenters. The van der Waals surface area contributed by atoms with E-state index < -0.39 is 7.82 Å². The lowest BCUT2D eigenvalue weighted by Gasteiger charge is -2.07. The predicted molar refractivity (Wildman–Crippen MR) is 45.9 cm³/mol. The van der Waals surface area contributed by atoms with Crippen LogP contribution in [0, 0.1) is 0 Å². The number of phosphoric acid groups is 1. The van der Waals surface area contributed by atoms with E-state index in [-0.39, 0.29) is 6.61 Å². The van der Waals surface area contributed by atoms with Gasteiger partial charge < -0.3 is 4.89 Å². The second kappa shape index (κ2) is 6.03. The molecule has 4 nitrogen and oxygen atoms in total. The number of unbranched alkanes of at least 4 members (excludes halogenated alkanes) is 1. The topological polar surface area (TPSA) is 55.8 Å². The van der Waals surface area contributed by atoms with E-state index in [0.717, 1.165) is 25.7 Å². The Bertz CT molecular complexity index is 140. The van der Waals surface area contributed by atoms with Gasteiger partial charge in [0, 0.05) is 7.11 Å². The maximum absolute atomic E-state index is 10.6. The highest BCUT2D eigenvalue weighted by atomic mass is 32.1. The first kappa shape index (κ1) is 11.5. The van der Waals surface area contributed by atoms with Crippen molar-refractivity contribution in [3.8, 4) is 0 Å². The molecule has 0 bridgehead atoms. The molecule has 0 saturated heterocycles. The molecule has 0 saturated carbocycles. The molecule has 0 aliphatic heterocycles. The van der Waals surface area contributed by atoms with E-state index in [1.807, 2.05) is 0 Å². The largest absolute Gasteiger partial charge is 0.471 e. The van der Waals surface area contributed by atoms with Crippen LogP contribution < -0.4 is 0 Å². The third kappa shape index (κ3) is 6.84. The van der Waals surface area contributed by atoms with Gasteiger partial charge in [0.15, 0.2) is 0 Å². The van der Waals surface area contributed by atoms with Crippen LogP contribution in [0.15, 0.2) is 0 Å². The van der Waals surface area contributed by atoms with Crippen molar-refractivity contribution in [1.29, 1.82) is 0 Å². The van der Waals surface area contributed by atoms with Gasteiger partial charge in [0.2, 0.25) is 0 Å². The summed E-state index contributed by atoms with van der Waals surface area (Å²) in [7, 11) is -2.60. The van der Waals surface area contributed by atoms with Gasteiger partial charge in [-0.25, -0.2) is 4.57 Å². The first-order chi connectivity index (χ1) is 5.12. The molecule has 0 aliphatic carbocycles. The van der Waals surface area contributed by atoms with Crippen LogP contribution in [0.3, 0.4) is 0 Å². The van der Waals surface area contributed by atoms with Gasteiger partial charge in [-0.15, -0.1) is 0 Å². The number of phosphoric ester groups is 1. The zero-order valence-corrected chi connectivity index (χ0v) is 8.18. The quantitative estimate of drug-likeness (QED) is 0.387. The molecule has 11 heavy (non-hydrogen) atoms. The van der Waals surface area contributed by atoms with E-state index >= 15 is 0 Å². The average Bonchev–Trinajstić information content (AvgIpc) is 1.99.